The molecule has 0 heterocycles. The molecule has 0 radical (unpaired) electrons. The molecule has 0 aliphatic carbocycles. The van der Waals surface area contributed by atoms with Gasteiger partial charge in [-0.05, 0) is 160 Å². The van der Waals surface area contributed by atoms with Crippen molar-refractivity contribution in [1.82, 2.24) is 16.0 Å². The van der Waals surface area contributed by atoms with Crippen LogP contribution >= 0.6 is 35.3 Å². The van der Waals surface area contributed by atoms with Crippen LogP contribution in [0.5, 0.6) is 17.2 Å². The van der Waals surface area contributed by atoms with E-state index in [4.69, 9.17) is 45.6 Å². The van der Waals surface area contributed by atoms with Crippen LogP contribution in [0, 0.1) is 0 Å². The SMILES string of the molecule is C=CCOc1ccc(C[C@H](N)C(=O)NCc2cc(CSc3cc(SCc4cc(CNC(=O)[C@@H](N)Cc5ccc(OCC=C)cc5)cc(C(=O)OC)c4)cc(SCc4cc(CNC(=O)[C@@H](N)Cc5ccc(OCC=C)cc5)cc(C(=O)OC)c4)c3)cc(C(=O)OC)c2)cc1. The highest BCUT2D eigenvalue weighted by atomic mass is 32.2. The number of rotatable bonds is 36. The number of ether oxygens (including phenoxy) is 6. The molecule has 21 heteroatoms. The van der Waals surface area contributed by atoms with E-state index in [2.05, 4.69) is 53.9 Å². The molecule has 3 atom stereocenters. The zero-order valence-electron chi connectivity index (χ0n) is 52.3. The van der Waals surface area contributed by atoms with Crippen molar-refractivity contribution in [3.63, 3.8) is 0 Å². The molecule has 0 saturated heterocycles. The van der Waals surface area contributed by atoms with Crippen molar-refractivity contribution in [2.75, 3.05) is 41.2 Å². The van der Waals surface area contributed by atoms with Crippen molar-refractivity contribution >= 4 is 70.9 Å². The summed E-state index contributed by atoms with van der Waals surface area (Å²) in [5.74, 6) is 0.527. The third-order valence-corrected chi connectivity index (χ3v) is 17.3. The smallest absolute Gasteiger partial charge is 0.337 e. The van der Waals surface area contributed by atoms with Crippen LogP contribution in [0.25, 0.3) is 0 Å². The average Bonchev–Trinajstić information content (AvgIpc) is 1.57. The Hall–Kier alpha value is -9.09. The Labute approximate surface area is 555 Å². The number of hydrogen-bond donors (Lipinski definition) is 6. The van der Waals surface area contributed by atoms with Crippen molar-refractivity contribution in [1.29, 1.82) is 0 Å². The minimum Gasteiger partial charge on any atom is -0.490 e. The van der Waals surface area contributed by atoms with Gasteiger partial charge in [-0.1, -0.05) is 92.6 Å². The van der Waals surface area contributed by atoms with Crippen LogP contribution in [-0.2, 0) is 84.7 Å². The molecule has 0 unspecified atom stereocenters. The summed E-state index contributed by atoms with van der Waals surface area (Å²) in [4.78, 5) is 82.0. The van der Waals surface area contributed by atoms with Crippen molar-refractivity contribution in [3.8, 4) is 17.2 Å². The fourth-order valence-corrected chi connectivity index (χ4v) is 12.5. The standard InChI is InChI=1S/C72H78N6O12S3/c1-7-22-88-58-16-10-46(11-17-58)34-64(73)67(79)76-40-49-25-52(31-55(28-49)70(82)85-4)43-91-61-37-62(92-44-53-26-50(29-56(32-53)71(83)86-5)41-77-68(80)65(74)35-47-12-18-59(19-13-47)89-23-8-2)39-63(38-61)93-45-54-27-51(30-57(33-54)72(84)87-6)42-78-69(81)66(75)36-48-14-20-60(21-15-48)90-24-9-3/h7-21,25-33,37-39,64-66H,1-3,22-24,34-36,40-45,73-75H2,4-6H3,(H,76,79)(H,77,80)(H,78,81)/t64-,65-,66-/m0/s1. The lowest BCUT2D eigenvalue weighted by Crippen LogP contribution is -2.41. The lowest BCUT2D eigenvalue weighted by molar-refractivity contribution is -0.123. The summed E-state index contributed by atoms with van der Waals surface area (Å²) in [6.45, 7) is 12.4. The van der Waals surface area contributed by atoms with Crippen LogP contribution in [0.4, 0.5) is 0 Å². The van der Waals surface area contributed by atoms with Gasteiger partial charge in [-0.3, -0.25) is 14.4 Å². The van der Waals surface area contributed by atoms with Gasteiger partial charge in [0.2, 0.25) is 17.7 Å². The molecule has 7 aromatic rings. The summed E-state index contributed by atoms with van der Waals surface area (Å²) < 4.78 is 32.2. The lowest BCUT2D eigenvalue weighted by Gasteiger charge is -2.15. The van der Waals surface area contributed by atoms with Gasteiger partial charge in [-0.2, -0.15) is 0 Å². The number of thioether (sulfide) groups is 3. The summed E-state index contributed by atoms with van der Waals surface area (Å²) in [7, 11) is 3.93. The number of nitrogens with two attached hydrogens (primary N) is 3. The molecule has 18 nitrogen and oxygen atoms in total. The molecular weight excluding hydrogens is 1240 g/mol. The molecule has 0 saturated carbocycles. The van der Waals surface area contributed by atoms with Gasteiger partial charge in [0.05, 0.1) is 56.1 Å². The summed E-state index contributed by atoms with van der Waals surface area (Å²) in [6, 6.07) is 41.7. The molecule has 0 aliphatic heterocycles. The van der Waals surface area contributed by atoms with Gasteiger partial charge < -0.3 is 61.6 Å². The first-order chi connectivity index (χ1) is 44.9. The second kappa shape index (κ2) is 36.8. The van der Waals surface area contributed by atoms with Crippen molar-refractivity contribution in [2.24, 2.45) is 17.2 Å². The van der Waals surface area contributed by atoms with E-state index in [1.165, 1.54) is 56.6 Å². The van der Waals surface area contributed by atoms with Gasteiger partial charge in [-0.25, -0.2) is 14.4 Å². The van der Waals surface area contributed by atoms with Crippen LogP contribution in [0.3, 0.4) is 0 Å². The van der Waals surface area contributed by atoms with Gasteiger partial charge in [0.25, 0.3) is 0 Å². The largest absolute Gasteiger partial charge is 0.490 e. The molecule has 0 spiro atoms. The number of carbonyl (C=O) groups is 6. The maximum atomic E-state index is 13.4. The van der Waals surface area contributed by atoms with Crippen LogP contribution < -0.4 is 47.4 Å². The maximum absolute atomic E-state index is 13.4. The molecule has 3 amide bonds. The highest BCUT2D eigenvalue weighted by Gasteiger charge is 2.20. The summed E-state index contributed by atoms with van der Waals surface area (Å²) in [5.41, 5.74) is 27.0. The van der Waals surface area contributed by atoms with Crippen LogP contribution in [-0.4, -0.2) is 94.9 Å². The highest BCUT2D eigenvalue weighted by Crippen LogP contribution is 2.36. The number of carbonyl (C=O) groups excluding carboxylic acids is 6. The lowest BCUT2D eigenvalue weighted by atomic mass is 10.0. The van der Waals surface area contributed by atoms with E-state index < -0.39 is 36.0 Å². The number of nitrogens with one attached hydrogen (secondary N) is 3. The van der Waals surface area contributed by atoms with E-state index in [1.54, 1.807) is 54.6 Å². The molecule has 93 heavy (non-hydrogen) atoms. The normalized spacial score (nSPS) is 11.8. The third-order valence-electron chi connectivity index (χ3n) is 14.1. The average molecular weight is 1320 g/mol. The Morgan fingerprint density at radius 3 is 0.860 bits per heavy atom. The predicted molar refractivity (Wildman–Crippen MR) is 365 cm³/mol. The Morgan fingerprint density at radius 2 is 0.624 bits per heavy atom. The molecular formula is C72H78N6O12S3. The number of esters is 3. The van der Waals surface area contributed by atoms with Crippen molar-refractivity contribution < 1.29 is 57.2 Å². The fraction of sp³-hybridized carbons (Fsp3) is 0.250. The minimum absolute atomic E-state index is 0.0963. The van der Waals surface area contributed by atoms with Gasteiger partial charge in [0, 0.05) is 51.6 Å². The van der Waals surface area contributed by atoms with E-state index in [-0.39, 0.29) is 37.4 Å². The van der Waals surface area contributed by atoms with Gasteiger partial charge in [0.1, 0.15) is 37.1 Å². The second-order valence-electron chi connectivity index (χ2n) is 21.4. The predicted octanol–water partition coefficient (Wildman–Crippen LogP) is 10.2. The van der Waals surface area contributed by atoms with E-state index in [1.807, 2.05) is 91.0 Å². The number of hydrogen-bond acceptors (Lipinski definition) is 18. The number of benzene rings is 7. The first-order valence-corrected chi connectivity index (χ1v) is 32.7. The summed E-state index contributed by atoms with van der Waals surface area (Å²) in [5, 5.41) is 8.80. The van der Waals surface area contributed by atoms with E-state index >= 15 is 0 Å². The topological polar surface area (TPSA) is 272 Å². The summed E-state index contributed by atoms with van der Waals surface area (Å²) in [6.07, 6.45) is 5.84. The van der Waals surface area contributed by atoms with E-state index in [9.17, 15) is 28.8 Å². The summed E-state index contributed by atoms with van der Waals surface area (Å²) >= 11 is 4.59. The molecule has 0 bridgehead atoms. The molecule has 7 rings (SSSR count). The maximum Gasteiger partial charge on any atom is 0.337 e. The molecule has 9 N–H and O–H groups in total. The fourth-order valence-electron chi connectivity index (χ4n) is 9.48. The van der Waals surface area contributed by atoms with Gasteiger partial charge in [-0.15, -0.1) is 35.3 Å². The minimum atomic E-state index is -0.845. The Morgan fingerprint density at radius 1 is 0.376 bits per heavy atom. The monoisotopic (exact) mass is 1310 g/mol. The van der Waals surface area contributed by atoms with Crippen LogP contribution in [0.1, 0.15) is 81.1 Å². The molecule has 0 aromatic heterocycles. The Bertz CT molecular complexity index is 3340. The molecule has 0 fully saturated rings. The zero-order chi connectivity index (χ0) is 66.7. The van der Waals surface area contributed by atoms with Crippen LogP contribution in [0.2, 0.25) is 0 Å². The van der Waals surface area contributed by atoms with Crippen molar-refractivity contribution in [2.45, 2.75) is 89.0 Å². The first-order valence-electron chi connectivity index (χ1n) is 29.7. The van der Waals surface area contributed by atoms with Crippen molar-refractivity contribution in [3.05, 3.63) is 250 Å². The highest BCUT2D eigenvalue weighted by molar-refractivity contribution is 8.00. The first kappa shape index (κ1) is 71.4. The molecule has 7 aromatic carbocycles. The number of methoxy groups -OCH3 is 3. The number of amides is 3. The molecule has 0 aliphatic rings. The van der Waals surface area contributed by atoms with Gasteiger partial charge in [0.15, 0.2) is 0 Å². The quantitative estimate of drug-likeness (QED) is 0.00922. The Balaban J connectivity index is 1.10. The second-order valence-corrected chi connectivity index (χ2v) is 24.6. The van der Waals surface area contributed by atoms with E-state index in [0.717, 1.165) is 48.1 Å². The van der Waals surface area contributed by atoms with Crippen LogP contribution in [0.15, 0.2) is 198 Å². The zero-order valence-corrected chi connectivity index (χ0v) is 54.7. The third kappa shape index (κ3) is 23.2. The molecule has 486 valence electrons. The Kier molecular flexibility index (Phi) is 28.3. The van der Waals surface area contributed by atoms with Gasteiger partial charge >= 0.3 is 17.9 Å². The van der Waals surface area contributed by atoms with E-state index in [0.29, 0.717) is 107 Å².